The minimum Gasteiger partial charge on any atom is -0.369 e. The fraction of sp³-hybridized carbons (Fsp3) is 0.214. The summed E-state index contributed by atoms with van der Waals surface area (Å²) in [5.41, 5.74) is 7.87. The number of aryl methyl sites for hydroxylation is 1. The minimum absolute atomic E-state index is 0.0742. The highest BCUT2D eigenvalue weighted by atomic mass is 15.2. The van der Waals surface area contributed by atoms with Gasteiger partial charge in [0, 0.05) is 18.9 Å². The first-order valence-electron chi connectivity index (χ1n) is 6.40. The Hall–Kier alpha value is -2.63. The molecule has 0 radical (unpaired) electrons. The summed E-state index contributed by atoms with van der Waals surface area (Å²) in [4.78, 5) is 4.10. The fourth-order valence-corrected chi connectivity index (χ4v) is 1.83. The highest BCUT2D eigenvalue weighted by molar-refractivity contribution is 5.77. The third-order valence-corrected chi connectivity index (χ3v) is 3.04. The molecule has 0 bridgehead atoms. The maximum atomic E-state index is 7.92. The van der Waals surface area contributed by atoms with Crippen LogP contribution in [-0.4, -0.2) is 15.5 Å². The number of rotatable bonds is 4. The molecule has 2 aromatic rings. The Balaban J connectivity index is 2.12. The maximum Gasteiger partial charge on any atom is 0.198 e. The predicted octanol–water partition coefficient (Wildman–Crippen LogP) is 1.28. The second-order valence-electron chi connectivity index (χ2n) is 4.40. The van der Waals surface area contributed by atoms with Gasteiger partial charge in [0.15, 0.2) is 17.3 Å². The van der Waals surface area contributed by atoms with Gasteiger partial charge in [-0.15, -0.1) is 0 Å². The van der Waals surface area contributed by atoms with Crippen LogP contribution in [0.15, 0.2) is 36.7 Å². The molecule has 6 heteroatoms. The van der Waals surface area contributed by atoms with E-state index >= 15 is 0 Å². The molecule has 104 valence electrons. The van der Waals surface area contributed by atoms with Crippen molar-refractivity contribution in [2.75, 3.05) is 5.32 Å². The van der Waals surface area contributed by atoms with E-state index in [1.54, 1.807) is 0 Å². The third-order valence-electron chi connectivity index (χ3n) is 3.04. The molecule has 0 fully saturated rings. The number of nitrogen functional groups attached to an aromatic ring is 1. The molecule has 6 nitrogen and oxygen atoms in total. The summed E-state index contributed by atoms with van der Waals surface area (Å²) in [5, 5.41) is 18.4. The molecular weight excluding hydrogens is 252 g/mol. The monoisotopic (exact) mass is 270 g/mol. The molecule has 0 spiro atoms. The van der Waals surface area contributed by atoms with Crippen molar-refractivity contribution in [3.8, 4) is 0 Å². The number of nitrogens with zero attached hydrogens (tertiary/aromatic N) is 2. The van der Waals surface area contributed by atoms with Gasteiger partial charge in [-0.05, 0) is 17.5 Å². The summed E-state index contributed by atoms with van der Waals surface area (Å²) in [7, 11) is 0. The standard InChI is InChI=1S/C14H18N6/c1-2-10-3-5-11(6-4-10)9-19-13-12(15)20(14(16)17)8-7-18-13/h3-8,15H,2,9H2,1H3,(H3,16,17)(H,18,19). The molecule has 0 saturated carbocycles. The molecule has 5 N–H and O–H groups in total. The Morgan fingerprint density at radius 2 is 1.95 bits per heavy atom. The largest absolute Gasteiger partial charge is 0.369 e. The van der Waals surface area contributed by atoms with Gasteiger partial charge in [-0.25, -0.2) is 4.98 Å². The molecule has 0 aliphatic heterocycles. The number of anilines is 1. The Morgan fingerprint density at radius 1 is 1.30 bits per heavy atom. The number of nitrogens with one attached hydrogen (secondary N) is 3. The van der Waals surface area contributed by atoms with Gasteiger partial charge in [0.25, 0.3) is 0 Å². The van der Waals surface area contributed by atoms with E-state index in [2.05, 4.69) is 41.5 Å². The molecule has 0 aliphatic rings. The van der Waals surface area contributed by atoms with Gasteiger partial charge in [0.1, 0.15) is 0 Å². The first-order chi connectivity index (χ1) is 9.61. The lowest BCUT2D eigenvalue weighted by Crippen LogP contribution is -2.33. The summed E-state index contributed by atoms with van der Waals surface area (Å²) in [5.74, 6) is 0.204. The van der Waals surface area contributed by atoms with Gasteiger partial charge in [-0.1, -0.05) is 31.2 Å². The van der Waals surface area contributed by atoms with E-state index in [1.165, 1.54) is 22.5 Å². The van der Waals surface area contributed by atoms with Gasteiger partial charge in [0.05, 0.1) is 0 Å². The smallest absolute Gasteiger partial charge is 0.198 e. The molecule has 1 aromatic carbocycles. The number of nitrogens with two attached hydrogens (primary N) is 1. The van der Waals surface area contributed by atoms with E-state index in [0.29, 0.717) is 12.4 Å². The zero-order valence-corrected chi connectivity index (χ0v) is 11.4. The van der Waals surface area contributed by atoms with E-state index in [4.69, 9.17) is 16.6 Å². The van der Waals surface area contributed by atoms with Crippen molar-refractivity contribution in [2.45, 2.75) is 19.9 Å². The lowest BCUT2D eigenvalue weighted by Gasteiger charge is -2.09. The van der Waals surface area contributed by atoms with Crippen LogP contribution < -0.4 is 16.5 Å². The highest BCUT2D eigenvalue weighted by Gasteiger charge is 2.03. The summed E-state index contributed by atoms with van der Waals surface area (Å²) in [6, 6.07) is 8.29. The Bertz CT molecular complexity index is 656. The summed E-state index contributed by atoms with van der Waals surface area (Å²) < 4.78 is 1.26. The average Bonchev–Trinajstić information content (AvgIpc) is 2.46. The van der Waals surface area contributed by atoms with Crippen molar-refractivity contribution in [1.29, 1.82) is 10.8 Å². The molecule has 1 heterocycles. The van der Waals surface area contributed by atoms with E-state index < -0.39 is 0 Å². The van der Waals surface area contributed by atoms with E-state index in [9.17, 15) is 0 Å². The second kappa shape index (κ2) is 6.01. The normalized spacial score (nSPS) is 10.2. The van der Waals surface area contributed by atoms with Crippen molar-refractivity contribution < 1.29 is 0 Å². The van der Waals surface area contributed by atoms with Gasteiger partial charge in [-0.3, -0.25) is 15.4 Å². The van der Waals surface area contributed by atoms with E-state index in [1.807, 2.05) is 0 Å². The zero-order valence-electron chi connectivity index (χ0n) is 11.4. The summed E-state index contributed by atoms with van der Waals surface area (Å²) >= 11 is 0. The first kappa shape index (κ1) is 13.8. The second-order valence-corrected chi connectivity index (χ2v) is 4.40. The SMILES string of the molecule is CCc1ccc(CNc2nccn(C(=N)N)c2=N)cc1. The van der Waals surface area contributed by atoms with Crippen molar-refractivity contribution >= 4 is 11.8 Å². The van der Waals surface area contributed by atoms with Gasteiger partial charge >= 0.3 is 0 Å². The lowest BCUT2D eigenvalue weighted by atomic mass is 10.1. The Labute approximate surface area is 117 Å². The average molecular weight is 270 g/mol. The topological polar surface area (TPSA) is 104 Å². The van der Waals surface area contributed by atoms with Crippen LogP contribution >= 0.6 is 0 Å². The third kappa shape index (κ3) is 3.03. The van der Waals surface area contributed by atoms with Crippen LogP contribution in [0.3, 0.4) is 0 Å². The lowest BCUT2D eigenvalue weighted by molar-refractivity contribution is 0.912. The van der Waals surface area contributed by atoms with Gasteiger partial charge in [0.2, 0.25) is 0 Å². The van der Waals surface area contributed by atoms with Crippen LogP contribution in [0.5, 0.6) is 0 Å². The highest BCUT2D eigenvalue weighted by Crippen LogP contribution is 2.06. The van der Waals surface area contributed by atoms with Crippen LogP contribution in [0.25, 0.3) is 0 Å². The fourth-order valence-electron chi connectivity index (χ4n) is 1.83. The molecule has 0 saturated heterocycles. The molecule has 0 atom stereocenters. The molecule has 0 unspecified atom stereocenters. The van der Waals surface area contributed by atoms with Gasteiger partial charge < -0.3 is 11.1 Å². The molecule has 0 amide bonds. The zero-order chi connectivity index (χ0) is 14.5. The minimum atomic E-state index is -0.201. The van der Waals surface area contributed by atoms with Crippen LogP contribution in [-0.2, 0) is 13.0 Å². The van der Waals surface area contributed by atoms with Crippen molar-refractivity contribution in [1.82, 2.24) is 9.55 Å². The number of aromatic nitrogens is 2. The van der Waals surface area contributed by atoms with Crippen molar-refractivity contribution in [3.63, 3.8) is 0 Å². The summed E-state index contributed by atoms with van der Waals surface area (Å²) in [6.45, 7) is 2.69. The molecule has 1 aromatic heterocycles. The molecule has 20 heavy (non-hydrogen) atoms. The van der Waals surface area contributed by atoms with Gasteiger partial charge in [-0.2, -0.15) is 0 Å². The van der Waals surface area contributed by atoms with Crippen molar-refractivity contribution in [2.24, 2.45) is 5.73 Å². The number of hydrogen-bond acceptors (Lipinski definition) is 4. The summed E-state index contributed by atoms with van der Waals surface area (Å²) in [6.07, 6.45) is 4.03. The quantitative estimate of drug-likeness (QED) is 0.497. The molecule has 2 rings (SSSR count). The Kier molecular flexibility index (Phi) is 4.14. The molecule has 0 aliphatic carbocycles. The Morgan fingerprint density at radius 3 is 2.55 bits per heavy atom. The number of hydrogen-bond donors (Lipinski definition) is 4. The maximum absolute atomic E-state index is 7.92. The van der Waals surface area contributed by atoms with E-state index in [-0.39, 0.29) is 11.4 Å². The molecular formula is C14H18N6. The first-order valence-corrected chi connectivity index (χ1v) is 6.40. The van der Waals surface area contributed by atoms with Crippen LogP contribution in [0, 0.1) is 10.8 Å². The van der Waals surface area contributed by atoms with E-state index in [0.717, 1.165) is 12.0 Å². The van der Waals surface area contributed by atoms with Crippen molar-refractivity contribution in [3.05, 3.63) is 53.3 Å². The van der Waals surface area contributed by atoms with Crippen LogP contribution in [0.1, 0.15) is 18.1 Å². The predicted molar refractivity (Wildman–Crippen MR) is 78.5 cm³/mol. The number of benzene rings is 1. The van der Waals surface area contributed by atoms with Crippen LogP contribution in [0.2, 0.25) is 0 Å². The van der Waals surface area contributed by atoms with Crippen LogP contribution in [0.4, 0.5) is 5.82 Å².